The molecule has 2 atom stereocenters. The Morgan fingerprint density at radius 1 is 1.39 bits per heavy atom. The second-order valence-electron chi connectivity index (χ2n) is 6.38. The summed E-state index contributed by atoms with van der Waals surface area (Å²) < 4.78 is 5.00. The molecule has 1 unspecified atom stereocenters. The number of β-lactam (4-membered cyclic amide) rings is 1. The first-order valence-electron chi connectivity index (χ1n) is 8.93. The molecule has 3 amide bonds. The molecule has 2 N–H and O–H groups in total. The summed E-state index contributed by atoms with van der Waals surface area (Å²) in [4.78, 5) is 58.4. The molecule has 0 spiro atoms. The van der Waals surface area contributed by atoms with Crippen LogP contribution in [0.2, 0.25) is 0 Å². The topological polar surface area (TPSA) is 162 Å². The molecule has 12 nitrogen and oxygen atoms in total. The molecule has 1 saturated heterocycles. The molecule has 2 aliphatic rings. The first kappa shape index (κ1) is 27.6. The van der Waals surface area contributed by atoms with Gasteiger partial charge in [-0.2, -0.15) is 0 Å². The van der Waals surface area contributed by atoms with Crippen LogP contribution in [0.25, 0.3) is 0 Å². The van der Waals surface area contributed by atoms with Gasteiger partial charge in [0.1, 0.15) is 30.1 Å². The molecule has 0 aromatic carbocycles. The van der Waals surface area contributed by atoms with Crippen molar-refractivity contribution in [2.45, 2.75) is 11.4 Å². The van der Waals surface area contributed by atoms with Crippen LogP contribution in [0.3, 0.4) is 0 Å². The molecule has 0 saturated carbocycles. The molecule has 3 rings (SSSR count). The summed E-state index contributed by atoms with van der Waals surface area (Å²) in [5.74, 6) is -3.28. The van der Waals surface area contributed by atoms with Gasteiger partial charge < -0.3 is 30.1 Å². The zero-order valence-electron chi connectivity index (χ0n) is 17.7. The van der Waals surface area contributed by atoms with E-state index >= 15 is 0 Å². The Morgan fingerprint density at radius 2 is 2.12 bits per heavy atom. The van der Waals surface area contributed by atoms with Crippen LogP contribution in [0.4, 0.5) is 5.13 Å². The zero-order valence-corrected chi connectivity index (χ0v) is 22.1. The number of alkyl halides is 1. The number of hydrogen-bond acceptors (Lipinski definition) is 11. The SMILES string of the molecule is COCC1=C(C(=O)[O-])N2C(=O)C(NC(=O)/C(=N\OC)c3csc(NC(=O)CCl)n3)[C@H]2SC1.[Na+]. The maximum Gasteiger partial charge on any atom is 1.00 e. The molecule has 2 aliphatic heterocycles. The fourth-order valence-corrected chi connectivity index (χ4v) is 5.16. The van der Waals surface area contributed by atoms with Gasteiger partial charge in [0.2, 0.25) is 5.91 Å². The van der Waals surface area contributed by atoms with Gasteiger partial charge in [-0.25, -0.2) is 4.98 Å². The van der Waals surface area contributed by atoms with E-state index in [0.717, 1.165) is 16.2 Å². The van der Waals surface area contributed by atoms with Gasteiger partial charge in [0.25, 0.3) is 11.8 Å². The number of oxime groups is 1. The number of nitrogens with zero attached hydrogens (tertiary/aromatic N) is 3. The first-order valence-corrected chi connectivity index (χ1v) is 11.4. The van der Waals surface area contributed by atoms with Gasteiger partial charge in [-0.3, -0.25) is 19.3 Å². The fraction of sp³-hybridized carbons (Fsp3) is 0.412. The monoisotopic (exact) mass is 525 g/mol. The van der Waals surface area contributed by atoms with Crippen molar-refractivity contribution in [3.63, 3.8) is 0 Å². The number of aromatic nitrogens is 1. The quantitative estimate of drug-likeness (QED) is 0.107. The minimum atomic E-state index is -1.49. The van der Waals surface area contributed by atoms with E-state index in [-0.39, 0.29) is 64.3 Å². The number of aliphatic carboxylic acids is 1. The second-order valence-corrected chi connectivity index (χ2v) is 8.61. The number of carbonyl (C=O) groups is 4. The number of carboxylic acids is 1. The summed E-state index contributed by atoms with van der Waals surface area (Å²) in [5, 5.41) is 21.3. The Hall–Kier alpha value is -1.68. The first-order chi connectivity index (χ1) is 15.3. The Kier molecular flexibility index (Phi) is 10.1. The number of amides is 3. The van der Waals surface area contributed by atoms with Crippen molar-refractivity contribution in [2.24, 2.45) is 5.16 Å². The van der Waals surface area contributed by atoms with Crippen LogP contribution in [0, 0.1) is 0 Å². The molecular formula is C17H17ClN5NaO7S2. The van der Waals surface area contributed by atoms with Crippen LogP contribution in [-0.4, -0.2) is 83.2 Å². The van der Waals surface area contributed by atoms with E-state index in [1.165, 1.54) is 31.4 Å². The van der Waals surface area contributed by atoms with Gasteiger partial charge >= 0.3 is 29.6 Å². The number of ether oxygens (including phenoxy) is 1. The number of halogens is 1. The molecule has 1 aromatic heterocycles. The summed E-state index contributed by atoms with van der Waals surface area (Å²) in [6.45, 7) is 0.0426. The molecule has 3 heterocycles. The van der Waals surface area contributed by atoms with Crippen molar-refractivity contribution in [1.82, 2.24) is 15.2 Å². The third kappa shape index (κ3) is 5.88. The number of thiazole rings is 1. The van der Waals surface area contributed by atoms with E-state index in [1.807, 2.05) is 0 Å². The number of fused-ring (bicyclic) bond motifs is 1. The van der Waals surface area contributed by atoms with E-state index in [9.17, 15) is 24.3 Å². The van der Waals surface area contributed by atoms with Crippen molar-refractivity contribution in [1.29, 1.82) is 0 Å². The summed E-state index contributed by atoms with van der Waals surface area (Å²) in [6.07, 6.45) is 0. The zero-order chi connectivity index (χ0) is 23.4. The van der Waals surface area contributed by atoms with Crippen LogP contribution in [0.5, 0.6) is 0 Å². The average Bonchev–Trinajstić information content (AvgIpc) is 3.22. The molecular weight excluding hydrogens is 509 g/mol. The summed E-state index contributed by atoms with van der Waals surface area (Å²) in [6, 6.07) is -0.984. The van der Waals surface area contributed by atoms with Crippen molar-refractivity contribution in [3.05, 3.63) is 22.3 Å². The Balaban J connectivity index is 0.00000385. The number of anilines is 1. The predicted octanol–water partition coefficient (Wildman–Crippen LogP) is -4.27. The van der Waals surface area contributed by atoms with Crippen molar-refractivity contribution in [3.8, 4) is 0 Å². The van der Waals surface area contributed by atoms with Crippen LogP contribution in [0.1, 0.15) is 5.69 Å². The van der Waals surface area contributed by atoms with Crippen LogP contribution in [0.15, 0.2) is 21.8 Å². The molecule has 16 heteroatoms. The van der Waals surface area contributed by atoms with Crippen LogP contribution < -0.4 is 45.3 Å². The summed E-state index contributed by atoms with van der Waals surface area (Å²) in [7, 11) is 2.65. The minimum absolute atomic E-state index is 0. The average molecular weight is 526 g/mol. The largest absolute Gasteiger partial charge is 1.00 e. The maximum absolute atomic E-state index is 12.8. The Morgan fingerprint density at radius 3 is 2.73 bits per heavy atom. The van der Waals surface area contributed by atoms with Crippen molar-refractivity contribution >= 4 is 69.2 Å². The fourth-order valence-electron chi connectivity index (χ4n) is 3.06. The van der Waals surface area contributed by atoms with Gasteiger partial charge in [0.15, 0.2) is 10.8 Å². The number of thioether (sulfide) groups is 1. The number of rotatable bonds is 9. The van der Waals surface area contributed by atoms with Gasteiger partial charge in [-0.1, -0.05) is 5.16 Å². The maximum atomic E-state index is 12.8. The molecule has 0 aliphatic carbocycles. The second kappa shape index (κ2) is 12.1. The van der Waals surface area contributed by atoms with E-state index in [0.29, 0.717) is 11.3 Å². The number of methoxy groups -OCH3 is 1. The number of nitrogens with one attached hydrogen (secondary N) is 2. The number of hydrogen-bond donors (Lipinski definition) is 2. The van der Waals surface area contributed by atoms with Gasteiger partial charge in [-0.05, 0) is 5.57 Å². The smallest absolute Gasteiger partial charge is 0.543 e. The van der Waals surface area contributed by atoms with Crippen LogP contribution in [-0.2, 0) is 28.8 Å². The predicted molar refractivity (Wildman–Crippen MR) is 114 cm³/mol. The third-order valence-electron chi connectivity index (χ3n) is 4.36. The molecule has 1 fully saturated rings. The third-order valence-corrected chi connectivity index (χ3v) is 6.70. The van der Waals surface area contributed by atoms with E-state index < -0.39 is 35.1 Å². The van der Waals surface area contributed by atoms with E-state index in [1.54, 1.807) is 0 Å². The molecule has 172 valence electrons. The number of carboxylic acid groups (broad SMARTS) is 1. The van der Waals surface area contributed by atoms with Crippen molar-refractivity contribution < 1.29 is 63.4 Å². The van der Waals surface area contributed by atoms with E-state index in [2.05, 4.69) is 20.8 Å². The van der Waals surface area contributed by atoms with E-state index in [4.69, 9.17) is 21.2 Å². The van der Waals surface area contributed by atoms with Crippen LogP contribution >= 0.6 is 34.7 Å². The number of carbonyl (C=O) groups excluding carboxylic acids is 4. The minimum Gasteiger partial charge on any atom is -0.543 e. The summed E-state index contributed by atoms with van der Waals surface area (Å²) >= 11 is 7.78. The Labute approximate surface area is 223 Å². The Bertz CT molecular complexity index is 1020. The van der Waals surface area contributed by atoms with Gasteiger partial charge in [0, 0.05) is 18.2 Å². The van der Waals surface area contributed by atoms with Crippen molar-refractivity contribution in [2.75, 3.05) is 37.8 Å². The van der Waals surface area contributed by atoms with Gasteiger partial charge in [-0.15, -0.1) is 34.7 Å². The normalized spacial score (nSPS) is 19.8. The molecule has 1 aromatic rings. The molecule has 33 heavy (non-hydrogen) atoms. The molecule has 0 bridgehead atoms. The van der Waals surface area contributed by atoms with Gasteiger partial charge in [0.05, 0.1) is 18.3 Å². The standard InChI is InChI=1S/C17H18ClN5O7S2.Na/c1-29-4-7-5-31-15-11(14(26)23(15)12(7)16(27)28)21-13(25)10(22-30-2)8-6-32-17(19-8)20-9(24)3-18;/h6,11,15H,3-5H2,1-2H3,(H,21,25)(H,27,28)(H,19,20,24);/q;+1/p-1/b22-10-;/t11?,15-;/m1./s1. The molecule has 0 radical (unpaired) electrons. The summed E-state index contributed by atoms with van der Waals surface area (Å²) in [5.41, 5.74) is 0.0633.